The topological polar surface area (TPSA) is 49.8 Å². The number of halogens is 1. The van der Waals surface area contributed by atoms with E-state index in [4.69, 9.17) is 16.0 Å². The fourth-order valence-electron chi connectivity index (χ4n) is 2.15. The van der Waals surface area contributed by atoms with Crippen molar-refractivity contribution >= 4 is 33.2 Å². The van der Waals surface area contributed by atoms with Gasteiger partial charge in [-0.25, -0.2) is 0 Å². The monoisotopic (exact) mass is 294 g/mol. The van der Waals surface area contributed by atoms with E-state index in [-0.39, 0.29) is 0 Å². The van der Waals surface area contributed by atoms with Crippen molar-refractivity contribution in [3.8, 4) is 6.07 Å². The molecule has 0 fully saturated rings. The molecule has 0 radical (unpaired) electrons. The van der Waals surface area contributed by atoms with Crippen LogP contribution in [0.5, 0.6) is 0 Å². The molecule has 0 N–H and O–H groups in total. The molecule has 0 aliphatic heterocycles. The Morgan fingerprint density at radius 1 is 1.29 bits per heavy atom. The van der Waals surface area contributed by atoms with Crippen LogP contribution in [-0.2, 0) is 0 Å². The third-order valence-electron chi connectivity index (χ3n) is 3.17. The number of hydrogen-bond donors (Lipinski definition) is 0. The Morgan fingerprint density at radius 2 is 2.14 bits per heavy atom. The zero-order chi connectivity index (χ0) is 14.8. The van der Waals surface area contributed by atoms with Crippen LogP contribution in [-0.4, -0.2) is 4.98 Å². The fourth-order valence-corrected chi connectivity index (χ4v) is 2.39. The highest BCUT2D eigenvalue weighted by molar-refractivity contribution is 6.53. The first-order valence-electron chi connectivity index (χ1n) is 6.40. The zero-order valence-corrected chi connectivity index (χ0v) is 12.1. The summed E-state index contributed by atoms with van der Waals surface area (Å²) in [5.41, 5.74) is 2.90. The van der Waals surface area contributed by atoms with Gasteiger partial charge in [0.1, 0.15) is 22.4 Å². The molecule has 0 bridgehead atoms. The van der Waals surface area contributed by atoms with Gasteiger partial charge in [0.2, 0.25) is 0 Å². The maximum Gasteiger partial charge on any atom is 0.148 e. The van der Waals surface area contributed by atoms with Crippen LogP contribution < -0.4 is 0 Å². The maximum absolute atomic E-state index is 9.37. The molecule has 0 aliphatic carbocycles. The number of rotatable bonds is 2. The first kappa shape index (κ1) is 13.4. The molecular weight excluding hydrogens is 284 g/mol. The molecular formula is C17H11ClN2O. The van der Waals surface area contributed by atoms with Gasteiger partial charge >= 0.3 is 0 Å². The summed E-state index contributed by atoms with van der Waals surface area (Å²) < 4.78 is 5.73. The summed E-state index contributed by atoms with van der Waals surface area (Å²) >= 11 is 6.35. The van der Waals surface area contributed by atoms with Crippen molar-refractivity contribution in [3.63, 3.8) is 0 Å². The van der Waals surface area contributed by atoms with E-state index in [1.807, 2.05) is 31.2 Å². The SMILES string of the molecule is Cc1ccc2oc(/C(Cl)=C(/C#N)c3cccnc3)cc2c1. The second kappa shape index (κ2) is 5.43. The third-order valence-corrected chi connectivity index (χ3v) is 3.54. The van der Waals surface area contributed by atoms with Crippen LogP contribution in [0.3, 0.4) is 0 Å². The van der Waals surface area contributed by atoms with E-state index in [9.17, 15) is 5.26 Å². The van der Waals surface area contributed by atoms with Gasteiger partial charge in [0, 0.05) is 23.3 Å². The Kier molecular flexibility index (Phi) is 3.47. The Bertz CT molecular complexity index is 873. The molecule has 0 saturated heterocycles. The standard InChI is InChI=1S/C17H11ClN2O/c1-11-4-5-15-13(7-11)8-16(21-15)17(18)14(9-19)12-3-2-6-20-10-12/h2-8,10H,1H3/b17-14+. The number of nitriles is 1. The Morgan fingerprint density at radius 3 is 2.86 bits per heavy atom. The predicted molar refractivity (Wildman–Crippen MR) is 83.5 cm³/mol. The van der Waals surface area contributed by atoms with Crippen molar-refractivity contribution in [2.75, 3.05) is 0 Å². The minimum absolute atomic E-state index is 0.291. The van der Waals surface area contributed by atoms with E-state index in [2.05, 4.69) is 11.1 Å². The quantitative estimate of drug-likeness (QED) is 0.640. The normalized spacial score (nSPS) is 12.0. The average molecular weight is 295 g/mol. The largest absolute Gasteiger partial charge is 0.455 e. The summed E-state index contributed by atoms with van der Waals surface area (Å²) in [5, 5.41) is 10.6. The van der Waals surface area contributed by atoms with Gasteiger partial charge in [-0.1, -0.05) is 29.3 Å². The first-order valence-corrected chi connectivity index (χ1v) is 6.77. The molecule has 0 spiro atoms. The number of hydrogen-bond acceptors (Lipinski definition) is 3. The summed E-state index contributed by atoms with van der Waals surface area (Å²) in [6.07, 6.45) is 3.25. The first-order chi connectivity index (χ1) is 10.2. The average Bonchev–Trinajstić information content (AvgIpc) is 2.92. The van der Waals surface area contributed by atoms with Crippen molar-refractivity contribution in [1.82, 2.24) is 4.98 Å². The number of furan rings is 1. The summed E-state index contributed by atoms with van der Waals surface area (Å²) in [6, 6.07) is 13.4. The lowest BCUT2D eigenvalue weighted by molar-refractivity contribution is 0.603. The molecule has 2 aromatic heterocycles. The van der Waals surface area contributed by atoms with Gasteiger partial charge in [0.05, 0.1) is 5.57 Å². The molecule has 0 aliphatic rings. The van der Waals surface area contributed by atoms with E-state index < -0.39 is 0 Å². The smallest absolute Gasteiger partial charge is 0.148 e. The fraction of sp³-hybridized carbons (Fsp3) is 0.0588. The molecule has 102 valence electrons. The van der Waals surface area contributed by atoms with Gasteiger partial charge in [0.25, 0.3) is 0 Å². The van der Waals surface area contributed by atoms with Gasteiger partial charge in [-0.2, -0.15) is 5.26 Å². The third kappa shape index (κ3) is 2.54. The molecule has 3 aromatic rings. The molecule has 21 heavy (non-hydrogen) atoms. The van der Waals surface area contributed by atoms with E-state index in [1.165, 1.54) is 0 Å². The maximum atomic E-state index is 9.37. The summed E-state index contributed by atoms with van der Waals surface area (Å²) in [4.78, 5) is 4.01. The van der Waals surface area contributed by atoms with Crippen molar-refractivity contribution < 1.29 is 4.42 Å². The van der Waals surface area contributed by atoms with Crippen LogP contribution in [0.15, 0.2) is 53.2 Å². The van der Waals surface area contributed by atoms with Crippen LogP contribution in [0.25, 0.3) is 21.6 Å². The second-order valence-corrected chi connectivity index (χ2v) is 5.07. The van der Waals surface area contributed by atoms with Crippen molar-refractivity contribution in [3.05, 3.63) is 65.7 Å². The van der Waals surface area contributed by atoms with Crippen molar-refractivity contribution in [2.24, 2.45) is 0 Å². The number of nitrogens with zero attached hydrogens (tertiary/aromatic N) is 2. The van der Waals surface area contributed by atoms with Gasteiger partial charge < -0.3 is 4.42 Å². The van der Waals surface area contributed by atoms with Crippen LogP contribution in [0.2, 0.25) is 0 Å². The Hall–Kier alpha value is -2.57. The van der Waals surface area contributed by atoms with Crippen molar-refractivity contribution in [1.29, 1.82) is 5.26 Å². The van der Waals surface area contributed by atoms with Crippen LogP contribution in [0.1, 0.15) is 16.9 Å². The van der Waals surface area contributed by atoms with Crippen LogP contribution in [0, 0.1) is 18.3 Å². The summed E-state index contributed by atoms with van der Waals surface area (Å²) in [5.74, 6) is 0.484. The molecule has 0 saturated carbocycles. The van der Waals surface area contributed by atoms with Crippen molar-refractivity contribution in [2.45, 2.75) is 6.92 Å². The molecule has 3 rings (SSSR count). The molecule has 2 heterocycles. The lowest BCUT2D eigenvalue weighted by Crippen LogP contribution is -1.85. The number of fused-ring (bicyclic) bond motifs is 1. The Labute approximate surface area is 127 Å². The minimum atomic E-state index is 0.291. The van der Waals surface area contributed by atoms with E-state index in [1.54, 1.807) is 24.5 Å². The van der Waals surface area contributed by atoms with Gasteiger partial charge in [-0.05, 0) is 31.2 Å². The minimum Gasteiger partial charge on any atom is -0.455 e. The molecule has 0 unspecified atom stereocenters. The van der Waals surface area contributed by atoms with E-state index in [0.29, 0.717) is 21.9 Å². The summed E-state index contributed by atoms with van der Waals surface area (Å²) in [6.45, 7) is 2.01. The van der Waals surface area contributed by atoms with Gasteiger partial charge in [-0.15, -0.1) is 0 Å². The number of aromatic nitrogens is 1. The Balaban J connectivity index is 2.16. The number of pyridine rings is 1. The van der Waals surface area contributed by atoms with E-state index >= 15 is 0 Å². The number of benzene rings is 1. The molecule has 0 amide bonds. The zero-order valence-electron chi connectivity index (χ0n) is 11.3. The highest BCUT2D eigenvalue weighted by Crippen LogP contribution is 2.33. The van der Waals surface area contributed by atoms with Crippen LogP contribution in [0.4, 0.5) is 0 Å². The number of aryl methyl sites for hydroxylation is 1. The highest BCUT2D eigenvalue weighted by atomic mass is 35.5. The number of allylic oxidation sites excluding steroid dienone is 1. The van der Waals surface area contributed by atoms with Crippen LogP contribution >= 0.6 is 11.6 Å². The predicted octanol–water partition coefficient (Wildman–Crippen LogP) is 4.77. The lowest BCUT2D eigenvalue weighted by atomic mass is 10.1. The summed E-state index contributed by atoms with van der Waals surface area (Å²) in [7, 11) is 0. The van der Waals surface area contributed by atoms with Gasteiger partial charge in [-0.3, -0.25) is 4.98 Å². The second-order valence-electron chi connectivity index (χ2n) is 4.69. The highest BCUT2D eigenvalue weighted by Gasteiger charge is 2.14. The van der Waals surface area contributed by atoms with Gasteiger partial charge in [0.15, 0.2) is 0 Å². The molecule has 0 atom stereocenters. The molecule has 3 nitrogen and oxygen atoms in total. The lowest BCUT2D eigenvalue weighted by Gasteiger charge is -2.00. The molecule has 4 heteroatoms. The molecule has 1 aromatic carbocycles. The van der Waals surface area contributed by atoms with E-state index in [0.717, 1.165) is 16.5 Å².